The molecule has 2 N–H and O–H groups in total. The minimum atomic E-state index is -1.35. The third-order valence-electron chi connectivity index (χ3n) is 2.97. The first kappa shape index (κ1) is 15.2. The predicted molar refractivity (Wildman–Crippen MR) is 80.2 cm³/mol. The zero-order chi connectivity index (χ0) is 15.6. The van der Waals surface area contributed by atoms with Crippen LogP contribution in [-0.4, -0.2) is 17.0 Å². The minimum absolute atomic E-state index is 0.196. The highest BCUT2D eigenvalue weighted by Gasteiger charge is 2.14. The number of halogens is 2. The second-order valence-corrected chi connectivity index (χ2v) is 5.22. The van der Waals surface area contributed by atoms with Crippen LogP contribution in [0.5, 0.6) is 0 Å². The van der Waals surface area contributed by atoms with E-state index in [-0.39, 0.29) is 5.69 Å². The van der Waals surface area contributed by atoms with Gasteiger partial charge in [-0.2, -0.15) is 0 Å². The Kier molecular flexibility index (Phi) is 4.37. The van der Waals surface area contributed by atoms with E-state index in [0.717, 1.165) is 22.2 Å². The second-order valence-electron chi connectivity index (χ2n) is 4.37. The molecule has 21 heavy (non-hydrogen) atoms. The van der Waals surface area contributed by atoms with Crippen molar-refractivity contribution in [3.8, 4) is 0 Å². The van der Waals surface area contributed by atoms with Gasteiger partial charge in [-0.3, -0.25) is 4.79 Å². The summed E-state index contributed by atoms with van der Waals surface area (Å²) in [5.74, 6) is -2.64. The summed E-state index contributed by atoms with van der Waals surface area (Å²) in [7, 11) is 0. The van der Waals surface area contributed by atoms with E-state index in [1.807, 2.05) is 6.07 Å². The molecule has 2 aromatic carbocycles. The van der Waals surface area contributed by atoms with E-state index < -0.39 is 23.3 Å². The van der Waals surface area contributed by atoms with Gasteiger partial charge in [0.05, 0.1) is 5.56 Å². The van der Waals surface area contributed by atoms with Crippen LogP contribution in [0, 0.1) is 12.7 Å². The maximum absolute atomic E-state index is 13.6. The molecule has 0 fully saturated rings. The number of amides is 1. The first-order valence-electron chi connectivity index (χ1n) is 5.99. The number of carboxylic acids is 1. The lowest BCUT2D eigenvalue weighted by Crippen LogP contribution is -2.14. The fourth-order valence-corrected chi connectivity index (χ4v) is 2.18. The summed E-state index contributed by atoms with van der Waals surface area (Å²) in [4.78, 5) is 22.9. The van der Waals surface area contributed by atoms with Crippen LogP contribution in [-0.2, 0) is 0 Å². The van der Waals surface area contributed by atoms with E-state index in [1.54, 1.807) is 19.1 Å². The highest BCUT2D eigenvalue weighted by atomic mass is 79.9. The molecule has 0 aliphatic rings. The van der Waals surface area contributed by atoms with Crippen LogP contribution in [0.2, 0.25) is 0 Å². The van der Waals surface area contributed by atoms with E-state index in [1.165, 1.54) is 6.07 Å². The molecule has 0 bridgehead atoms. The standard InChI is InChI=1S/C15H11BrFNO3/c1-8-10(3-2-4-12(8)16)14(19)18-9-5-6-11(15(20)21)13(17)7-9/h2-7H,1H3,(H,18,19)(H,20,21). The molecule has 2 aromatic rings. The Morgan fingerprint density at radius 2 is 1.90 bits per heavy atom. The molecule has 1 amide bonds. The highest BCUT2D eigenvalue weighted by Crippen LogP contribution is 2.21. The Morgan fingerprint density at radius 3 is 2.52 bits per heavy atom. The van der Waals surface area contributed by atoms with Crippen LogP contribution in [0.1, 0.15) is 26.3 Å². The average Bonchev–Trinajstić information content (AvgIpc) is 2.41. The van der Waals surface area contributed by atoms with Gasteiger partial charge in [-0.15, -0.1) is 0 Å². The SMILES string of the molecule is Cc1c(Br)cccc1C(=O)Nc1ccc(C(=O)O)c(F)c1. The number of carbonyl (C=O) groups is 2. The topological polar surface area (TPSA) is 66.4 Å². The number of rotatable bonds is 3. The van der Waals surface area contributed by atoms with E-state index in [0.29, 0.717) is 5.56 Å². The molecule has 6 heteroatoms. The van der Waals surface area contributed by atoms with Crippen molar-refractivity contribution < 1.29 is 19.1 Å². The van der Waals surface area contributed by atoms with Gasteiger partial charge in [0.15, 0.2) is 0 Å². The van der Waals surface area contributed by atoms with E-state index in [4.69, 9.17) is 5.11 Å². The lowest BCUT2D eigenvalue weighted by atomic mass is 10.1. The number of aromatic carboxylic acids is 1. The molecule has 0 atom stereocenters. The summed E-state index contributed by atoms with van der Waals surface area (Å²) < 4.78 is 14.4. The predicted octanol–water partition coefficient (Wildman–Crippen LogP) is 3.85. The first-order valence-corrected chi connectivity index (χ1v) is 6.78. The third-order valence-corrected chi connectivity index (χ3v) is 3.83. The number of nitrogens with one attached hydrogen (secondary N) is 1. The van der Waals surface area contributed by atoms with E-state index >= 15 is 0 Å². The van der Waals surface area contributed by atoms with Gasteiger partial charge in [0.25, 0.3) is 5.91 Å². The summed E-state index contributed by atoms with van der Waals surface area (Å²) in [6, 6.07) is 8.62. The molecule has 2 rings (SSSR count). The Labute approximate surface area is 128 Å². The highest BCUT2D eigenvalue weighted by molar-refractivity contribution is 9.10. The van der Waals surface area contributed by atoms with Gasteiger partial charge in [-0.1, -0.05) is 22.0 Å². The van der Waals surface area contributed by atoms with Crippen LogP contribution in [0.4, 0.5) is 10.1 Å². The van der Waals surface area contributed by atoms with Crippen molar-refractivity contribution >= 4 is 33.5 Å². The van der Waals surface area contributed by atoms with Crippen molar-refractivity contribution in [1.29, 1.82) is 0 Å². The Morgan fingerprint density at radius 1 is 1.19 bits per heavy atom. The second kappa shape index (κ2) is 6.05. The lowest BCUT2D eigenvalue weighted by molar-refractivity contribution is 0.0692. The van der Waals surface area contributed by atoms with Crippen molar-refractivity contribution in [2.75, 3.05) is 5.32 Å². The molecule has 0 spiro atoms. The molecule has 0 aliphatic carbocycles. The zero-order valence-corrected chi connectivity index (χ0v) is 12.6. The molecule has 0 radical (unpaired) electrons. The molecular formula is C15H11BrFNO3. The molecule has 0 unspecified atom stereocenters. The number of benzene rings is 2. The van der Waals surface area contributed by atoms with E-state index in [2.05, 4.69) is 21.2 Å². The first-order chi connectivity index (χ1) is 9.90. The van der Waals surface area contributed by atoms with E-state index in [9.17, 15) is 14.0 Å². The number of carbonyl (C=O) groups excluding carboxylic acids is 1. The summed E-state index contributed by atoms with van der Waals surface area (Å²) >= 11 is 3.33. The van der Waals surface area contributed by atoms with Crippen LogP contribution < -0.4 is 5.32 Å². The maximum atomic E-state index is 13.6. The van der Waals surface area contributed by atoms with Crippen molar-refractivity contribution in [2.45, 2.75) is 6.92 Å². The summed E-state index contributed by atoms with van der Waals surface area (Å²) in [6.45, 7) is 1.78. The van der Waals surface area contributed by atoms with Gasteiger partial charge in [0, 0.05) is 15.7 Å². The van der Waals surface area contributed by atoms with Crippen molar-refractivity contribution in [1.82, 2.24) is 0 Å². The largest absolute Gasteiger partial charge is 0.478 e. The minimum Gasteiger partial charge on any atom is -0.478 e. The van der Waals surface area contributed by atoms with Gasteiger partial charge in [0.2, 0.25) is 0 Å². The number of carboxylic acid groups (broad SMARTS) is 1. The summed E-state index contributed by atoms with van der Waals surface area (Å²) in [5, 5.41) is 11.3. The van der Waals surface area contributed by atoms with Crippen molar-refractivity contribution in [2.24, 2.45) is 0 Å². The smallest absolute Gasteiger partial charge is 0.338 e. The van der Waals surface area contributed by atoms with Gasteiger partial charge >= 0.3 is 5.97 Å². The quantitative estimate of drug-likeness (QED) is 0.882. The molecule has 4 nitrogen and oxygen atoms in total. The van der Waals surface area contributed by atoms with Crippen LogP contribution in [0.3, 0.4) is 0 Å². The molecule has 0 aromatic heterocycles. The molecule has 0 heterocycles. The lowest BCUT2D eigenvalue weighted by Gasteiger charge is -2.09. The Hall–Kier alpha value is -2.21. The molecule has 108 valence electrons. The average molecular weight is 352 g/mol. The number of hydrogen-bond donors (Lipinski definition) is 2. The van der Waals surface area contributed by atoms with Crippen molar-refractivity contribution in [3.63, 3.8) is 0 Å². The summed E-state index contributed by atoms with van der Waals surface area (Å²) in [5.41, 5.74) is 0.971. The van der Waals surface area contributed by atoms with Gasteiger partial charge in [0.1, 0.15) is 5.82 Å². The van der Waals surface area contributed by atoms with Gasteiger partial charge in [-0.05, 0) is 42.8 Å². The Bertz CT molecular complexity index is 731. The number of hydrogen-bond acceptors (Lipinski definition) is 2. The third kappa shape index (κ3) is 3.28. The molecule has 0 aliphatic heterocycles. The van der Waals surface area contributed by atoms with Gasteiger partial charge in [-0.25, -0.2) is 9.18 Å². The normalized spacial score (nSPS) is 10.2. The summed E-state index contributed by atoms with van der Waals surface area (Å²) in [6.07, 6.45) is 0. The maximum Gasteiger partial charge on any atom is 0.338 e. The van der Waals surface area contributed by atoms with Crippen molar-refractivity contribution in [3.05, 3.63) is 63.4 Å². The van der Waals surface area contributed by atoms with Crippen LogP contribution in [0.25, 0.3) is 0 Å². The van der Waals surface area contributed by atoms with Crippen LogP contribution in [0.15, 0.2) is 40.9 Å². The van der Waals surface area contributed by atoms with Crippen LogP contribution >= 0.6 is 15.9 Å². The zero-order valence-electron chi connectivity index (χ0n) is 11.0. The monoisotopic (exact) mass is 351 g/mol. The Balaban J connectivity index is 2.26. The molecule has 0 saturated heterocycles. The van der Waals surface area contributed by atoms with Gasteiger partial charge < -0.3 is 10.4 Å². The fraction of sp³-hybridized carbons (Fsp3) is 0.0667. The molecule has 0 saturated carbocycles. The fourth-order valence-electron chi connectivity index (χ4n) is 1.82. The number of anilines is 1. The molecular weight excluding hydrogens is 341 g/mol.